The van der Waals surface area contributed by atoms with E-state index in [0.29, 0.717) is 12.0 Å². The minimum Gasteiger partial charge on any atom is -0.364 e. The van der Waals surface area contributed by atoms with Gasteiger partial charge in [-0.3, -0.25) is 4.98 Å². The topological polar surface area (TPSA) is 91.4 Å². The minimum atomic E-state index is 0.560. The van der Waals surface area contributed by atoms with Gasteiger partial charge in [-0.15, -0.1) is 0 Å². The van der Waals surface area contributed by atoms with Gasteiger partial charge in [0.25, 0.3) is 0 Å². The summed E-state index contributed by atoms with van der Waals surface area (Å²) in [7, 11) is 0. The van der Waals surface area contributed by atoms with Crippen molar-refractivity contribution < 1.29 is 4.52 Å². The van der Waals surface area contributed by atoms with Crippen molar-refractivity contribution in [3.63, 3.8) is 0 Å². The van der Waals surface area contributed by atoms with E-state index in [1.807, 2.05) is 12.1 Å². The van der Waals surface area contributed by atoms with Crippen molar-refractivity contribution in [2.24, 2.45) is 0 Å². The number of pyridine rings is 1. The molecule has 0 fully saturated rings. The lowest BCUT2D eigenvalue weighted by Gasteiger charge is -1.97. The Morgan fingerprint density at radius 3 is 3.05 bits per heavy atom. The van der Waals surface area contributed by atoms with Gasteiger partial charge in [0, 0.05) is 11.5 Å². The van der Waals surface area contributed by atoms with Crippen LogP contribution in [0.25, 0.3) is 21.9 Å². The Labute approximate surface area is 119 Å². The van der Waals surface area contributed by atoms with Gasteiger partial charge in [0.15, 0.2) is 0 Å². The molecule has 0 aliphatic heterocycles. The lowest BCUT2D eigenvalue weighted by Crippen LogP contribution is -1.89. The normalized spacial score (nSPS) is 11.0. The van der Waals surface area contributed by atoms with Crippen LogP contribution in [-0.4, -0.2) is 20.1 Å². The number of hydrogen-bond donors (Lipinski definition) is 1. The fraction of sp³-hybridized carbons (Fsp3) is 0.0667. The molecule has 21 heavy (non-hydrogen) atoms. The van der Waals surface area contributed by atoms with Crippen LogP contribution < -0.4 is 0 Å². The first-order valence-electron chi connectivity index (χ1n) is 6.40. The number of nitrogens with one attached hydrogen (secondary N) is 1. The zero-order chi connectivity index (χ0) is 14.2. The first-order valence-corrected chi connectivity index (χ1v) is 6.40. The molecule has 0 atom stereocenters. The van der Waals surface area contributed by atoms with E-state index in [1.54, 1.807) is 18.3 Å². The van der Waals surface area contributed by atoms with E-state index in [9.17, 15) is 0 Å². The second-order valence-corrected chi connectivity index (χ2v) is 4.72. The Hall–Kier alpha value is -3.20. The molecule has 0 amide bonds. The number of aromatic nitrogens is 4. The van der Waals surface area contributed by atoms with Crippen molar-refractivity contribution in [1.29, 1.82) is 5.26 Å². The number of nitrogens with zero attached hydrogens (tertiary/aromatic N) is 4. The predicted molar refractivity (Wildman–Crippen MR) is 75.4 cm³/mol. The van der Waals surface area contributed by atoms with Gasteiger partial charge in [-0.1, -0.05) is 5.16 Å². The van der Waals surface area contributed by atoms with Crippen LogP contribution >= 0.6 is 0 Å². The van der Waals surface area contributed by atoms with Crippen LogP contribution in [-0.2, 0) is 6.42 Å². The third-order valence-electron chi connectivity index (χ3n) is 3.33. The second-order valence-electron chi connectivity index (χ2n) is 4.72. The molecule has 0 bridgehead atoms. The summed E-state index contributed by atoms with van der Waals surface area (Å²) in [6, 6.07) is 9.34. The Balaban J connectivity index is 1.90. The van der Waals surface area contributed by atoms with Crippen LogP contribution in [0.2, 0.25) is 0 Å². The Morgan fingerprint density at radius 2 is 2.24 bits per heavy atom. The van der Waals surface area contributed by atoms with Gasteiger partial charge in [0.1, 0.15) is 12.1 Å². The van der Waals surface area contributed by atoms with Gasteiger partial charge in [0.05, 0.1) is 46.5 Å². The molecule has 4 rings (SSSR count). The van der Waals surface area contributed by atoms with Crippen LogP contribution in [0.15, 0.2) is 41.2 Å². The SMILES string of the molecule is N#Cc1ccc2ncc3[nH]c(Cc4ccon4)nc3c2c1. The first kappa shape index (κ1) is 11.6. The highest BCUT2D eigenvalue weighted by atomic mass is 16.5. The summed E-state index contributed by atoms with van der Waals surface area (Å²) >= 11 is 0. The standard InChI is InChI=1S/C15H9N5O/c16-7-9-1-2-12-11(5-9)15-13(8-17-12)18-14(19-15)6-10-3-4-21-20-10/h1-5,8H,6H2,(H,18,19). The molecule has 0 aliphatic carbocycles. The third-order valence-corrected chi connectivity index (χ3v) is 3.33. The van der Waals surface area contributed by atoms with Crippen LogP contribution in [0.3, 0.4) is 0 Å². The summed E-state index contributed by atoms with van der Waals surface area (Å²) < 4.78 is 4.82. The molecule has 6 heteroatoms. The summed E-state index contributed by atoms with van der Waals surface area (Å²) in [5.74, 6) is 0.788. The maximum Gasteiger partial charge on any atom is 0.124 e. The highest BCUT2D eigenvalue weighted by Crippen LogP contribution is 2.23. The highest BCUT2D eigenvalue weighted by molar-refractivity contribution is 6.02. The smallest absolute Gasteiger partial charge is 0.124 e. The van der Waals surface area contributed by atoms with E-state index in [0.717, 1.165) is 33.5 Å². The number of aromatic amines is 1. The zero-order valence-electron chi connectivity index (χ0n) is 10.9. The molecule has 100 valence electrons. The zero-order valence-corrected chi connectivity index (χ0v) is 10.9. The Kier molecular flexibility index (Phi) is 2.44. The predicted octanol–water partition coefficient (Wildman–Crippen LogP) is 2.56. The van der Waals surface area contributed by atoms with E-state index in [4.69, 9.17) is 9.78 Å². The molecule has 3 heterocycles. The fourth-order valence-corrected chi connectivity index (χ4v) is 2.36. The van der Waals surface area contributed by atoms with Crippen LogP contribution in [0, 0.1) is 11.3 Å². The number of rotatable bonds is 2. The molecule has 0 saturated heterocycles. The van der Waals surface area contributed by atoms with Gasteiger partial charge in [0.2, 0.25) is 0 Å². The van der Waals surface area contributed by atoms with Crippen molar-refractivity contribution in [3.8, 4) is 6.07 Å². The number of hydrogen-bond acceptors (Lipinski definition) is 5. The quantitative estimate of drug-likeness (QED) is 0.607. The number of benzene rings is 1. The summed E-state index contributed by atoms with van der Waals surface area (Å²) in [4.78, 5) is 12.2. The number of imidazole rings is 1. The first-order chi connectivity index (χ1) is 10.3. The average molecular weight is 275 g/mol. The summed E-state index contributed by atoms with van der Waals surface area (Å²) in [6.45, 7) is 0. The van der Waals surface area contributed by atoms with Crippen LogP contribution in [0.4, 0.5) is 0 Å². The van der Waals surface area contributed by atoms with E-state index in [1.165, 1.54) is 6.26 Å². The van der Waals surface area contributed by atoms with E-state index in [2.05, 4.69) is 26.2 Å². The molecule has 1 N–H and O–H groups in total. The number of H-pyrrole nitrogens is 1. The molecule has 0 unspecified atom stereocenters. The summed E-state index contributed by atoms with van der Waals surface area (Å²) in [6.07, 6.45) is 3.85. The third kappa shape index (κ3) is 1.92. The van der Waals surface area contributed by atoms with Gasteiger partial charge in [-0.25, -0.2) is 4.98 Å². The minimum absolute atomic E-state index is 0.560. The van der Waals surface area contributed by atoms with Crippen molar-refractivity contribution in [1.82, 2.24) is 20.1 Å². The van der Waals surface area contributed by atoms with E-state index >= 15 is 0 Å². The Bertz CT molecular complexity index is 979. The van der Waals surface area contributed by atoms with Crippen molar-refractivity contribution >= 4 is 21.9 Å². The highest BCUT2D eigenvalue weighted by Gasteiger charge is 2.10. The Morgan fingerprint density at radius 1 is 1.29 bits per heavy atom. The molecule has 0 spiro atoms. The van der Waals surface area contributed by atoms with Crippen molar-refractivity contribution in [2.75, 3.05) is 0 Å². The summed E-state index contributed by atoms with van der Waals surface area (Å²) in [5, 5.41) is 13.8. The second kappa shape index (κ2) is 4.42. The molecule has 0 saturated carbocycles. The van der Waals surface area contributed by atoms with Gasteiger partial charge in [-0.05, 0) is 18.2 Å². The van der Waals surface area contributed by atoms with Crippen molar-refractivity contribution in [2.45, 2.75) is 6.42 Å². The van der Waals surface area contributed by atoms with Crippen LogP contribution in [0.1, 0.15) is 17.1 Å². The molecule has 0 radical (unpaired) electrons. The maximum atomic E-state index is 9.03. The van der Waals surface area contributed by atoms with Gasteiger partial charge in [-0.2, -0.15) is 5.26 Å². The van der Waals surface area contributed by atoms with E-state index in [-0.39, 0.29) is 0 Å². The molecule has 1 aromatic carbocycles. The summed E-state index contributed by atoms with van der Waals surface area (Å²) in [5.41, 5.74) is 3.88. The maximum absolute atomic E-state index is 9.03. The van der Waals surface area contributed by atoms with Gasteiger partial charge < -0.3 is 9.51 Å². The lowest BCUT2D eigenvalue weighted by atomic mass is 10.1. The molecule has 4 aromatic rings. The van der Waals surface area contributed by atoms with Crippen LogP contribution in [0.5, 0.6) is 0 Å². The lowest BCUT2D eigenvalue weighted by molar-refractivity contribution is 0.412. The largest absolute Gasteiger partial charge is 0.364 e. The van der Waals surface area contributed by atoms with Crippen molar-refractivity contribution in [3.05, 3.63) is 53.8 Å². The molecule has 0 aliphatic rings. The number of fused-ring (bicyclic) bond motifs is 3. The van der Waals surface area contributed by atoms with E-state index < -0.39 is 0 Å². The molecule has 6 nitrogen and oxygen atoms in total. The number of nitriles is 1. The fourth-order valence-electron chi connectivity index (χ4n) is 2.36. The monoisotopic (exact) mass is 275 g/mol. The van der Waals surface area contributed by atoms with Gasteiger partial charge >= 0.3 is 0 Å². The molecule has 3 aromatic heterocycles. The molecular weight excluding hydrogens is 266 g/mol. The molecular formula is C15H9N5O. The average Bonchev–Trinajstić information content (AvgIpc) is 3.16.